The number of methoxy groups -OCH3 is 1. The second kappa shape index (κ2) is 13.1. The number of ether oxygens (including phenoxy) is 2. The summed E-state index contributed by atoms with van der Waals surface area (Å²) in [5, 5.41) is 5.93. The number of aromatic nitrogens is 5. The van der Waals surface area contributed by atoms with E-state index < -0.39 is 0 Å². The van der Waals surface area contributed by atoms with Crippen molar-refractivity contribution in [3.8, 4) is 0 Å². The molecule has 7 heterocycles. The first kappa shape index (κ1) is 30.7. The molecule has 0 aromatic carbocycles. The van der Waals surface area contributed by atoms with Crippen molar-refractivity contribution in [3.05, 3.63) is 35.2 Å². The number of carbonyl (C=O) groups excluding carboxylic acids is 1. The summed E-state index contributed by atoms with van der Waals surface area (Å²) in [4.78, 5) is 28.2. The molecule has 4 unspecified atom stereocenters. The molecule has 46 heavy (non-hydrogen) atoms. The van der Waals surface area contributed by atoms with Crippen LogP contribution in [0.5, 0.6) is 0 Å². The van der Waals surface area contributed by atoms with Gasteiger partial charge in [-0.3, -0.25) is 14.5 Å². The van der Waals surface area contributed by atoms with Crippen LogP contribution >= 0.6 is 11.5 Å². The quantitative estimate of drug-likeness (QED) is 0.276. The molecule has 2 aliphatic carbocycles. The van der Waals surface area contributed by atoms with Gasteiger partial charge in [0.05, 0.1) is 48.2 Å². The average Bonchev–Trinajstić information content (AvgIpc) is 3.70. The number of aryl methyl sites for hydroxylation is 2. The van der Waals surface area contributed by atoms with E-state index in [0.717, 1.165) is 80.7 Å². The smallest absolute Gasteiger partial charge is 0.410 e. The average molecular weight is 648 g/mol. The zero-order valence-electron chi connectivity index (χ0n) is 27.5. The summed E-state index contributed by atoms with van der Waals surface area (Å²) in [5.74, 6) is 2.85. The van der Waals surface area contributed by atoms with Crippen molar-refractivity contribution in [3.63, 3.8) is 0 Å². The van der Waals surface area contributed by atoms with Crippen LogP contribution in [0.1, 0.15) is 105 Å². The van der Waals surface area contributed by atoms with Crippen molar-refractivity contribution >= 4 is 27.8 Å². The standard InChI is InChI=1S/C35H49N7O3S/c1-22-32-31(5-3-4-23-6-9-26(10-7-23)40-20-28-17-29(21-40)42(28)35(43)44-2)37-33(38-34(32)46-39-22)30-11-8-25(30)16-24-18-36-41(19-24)27-12-14-45-15-13-27/h18-19,23,25-30H,3-17,20-21H2,1-2H3/t23-,25?,26-,28?,29?,30?. The number of amides is 1. The Kier molecular flexibility index (Phi) is 8.75. The molecule has 0 radical (unpaired) electrons. The summed E-state index contributed by atoms with van der Waals surface area (Å²) >= 11 is 1.54. The van der Waals surface area contributed by atoms with E-state index in [0.29, 0.717) is 36.0 Å². The molecule has 248 valence electrons. The topological polar surface area (TPSA) is 98.5 Å². The Balaban J connectivity index is 0.853. The Labute approximate surface area is 276 Å². The van der Waals surface area contributed by atoms with Crippen molar-refractivity contribution in [1.29, 1.82) is 0 Å². The lowest BCUT2D eigenvalue weighted by molar-refractivity contribution is -0.0733. The van der Waals surface area contributed by atoms with Gasteiger partial charge in [0, 0.05) is 44.5 Å². The van der Waals surface area contributed by atoms with Gasteiger partial charge in [-0.2, -0.15) is 9.47 Å². The highest BCUT2D eigenvalue weighted by molar-refractivity contribution is 7.12. The molecule has 4 atom stereocenters. The number of nitrogens with zero attached hydrogens (tertiary/aromatic N) is 7. The van der Waals surface area contributed by atoms with Crippen molar-refractivity contribution in [2.45, 2.75) is 120 Å². The largest absolute Gasteiger partial charge is 0.453 e. The Morgan fingerprint density at radius 1 is 1.00 bits per heavy atom. The molecule has 6 fully saturated rings. The van der Waals surface area contributed by atoms with Crippen LogP contribution in [0, 0.1) is 18.8 Å². The maximum atomic E-state index is 12.1. The van der Waals surface area contributed by atoms with Crippen LogP contribution in [-0.2, 0) is 22.3 Å². The van der Waals surface area contributed by atoms with Crippen LogP contribution in [0.3, 0.4) is 0 Å². The van der Waals surface area contributed by atoms with Crippen LogP contribution in [0.15, 0.2) is 12.4 Å². The van der Waals surface area contributed by atoms with Crippen molar-refractivity contribution in [1.82, 2.24) is 33.9 Å². The first-order valence-electron chi connectivity index (χ1n) is 17.9. The third-order valence-electron chi connectivity index (χ3n) is 12.0. The first-order chi connectivity index (χ1) is 22.5. The Morgan fingerprint density at radius 3 is 2.54 bits per heavy atom. The Morgan fingerprint density at radius 2 is 1.80 bits per heavy atom. The number of carbonyl (C=O) groups is 1. The molecule has 2 bridgehead atoms. The minimum Gasteiger partial charge on any atom is -0.453 e. The van der Waals surface area contributed by atoms with E-state index in [9.17, 15) is 4.79 Å². The Bertz CT molecular complexity index is 1520. The van der Waals surface area contributed by atoms with E-state index >= 15 is 0 Å². The number of hydrogen-bond acceptors (Lipinski definition) is 9. The van der Waals surface area contributed by atoms with Crippen LogP contribution in [-0.4, -0.2) is 91.6 Å². The predicted molar refractivity (Wildman–Crippen MR) is 177 cm³/mol. The lowest BCUT2D eigenvalue weighted by Gasteiger charge is -2.57. The molecule has 6 aliphatic rings. The molecular formula is C35H49N7O3S. The number of piperidine rings is 1. The molecule has 2 saturated carbocycles. The number of rotatable bonds is 9. The fourth-order valence-electron chi connectivity index (χ4n) is 9.23. The second-order valence-corrected chi connectivity index (χ2v) is 15.5. The highest BCUT2D eigenvalue weighted by Gasteiger charge is 2.49. The van der Waals surface area contributed by atoms with E-state index in [1.165, 1.54) is 75.1 Å². The van der Waals surface area contributed by atoms with Gasteiger partial charge in [0.1, 0.15) is 10.7 Å². The molecule has 0 N–H and O–H groups in total. The summed E-state index contributed by atoms with van der Waals surface area (Å²) in [6.07, 6.45) is 19.6. The van der Waals surface area contributed by atoms with Gasteiger partial charge in [0.2, 0.25) is 0 Å². The number of piperazine rings is 1. The van der Waals surface area contributed by atoms with Gasteiger partial charge >= 0.3 is 6.09 Å². The highest BCUT2D eigenvalue weighted by Crippen LogP contribution is 2.44. The maximum absolute atomic E-state index is 12.1. The van der Waals surface area contributed by atoms with E-state index in [-0.39, 0.29) is 6.09 Å². The monoisotopic (exact) mass is 647 g/mol. The van der Waals surface area contributed by atoms with Crippen LogP contribution < -0.4 is 0 Å². The number of hydrogen-bond donors (Lipinski definition) is 0. The van der Waals surface area contributed by atoms with Gasteiger partial charge in [-0.1, -0.05) is 6.42 Å². The Hall–Kier alpha value is -2.63. The maximum Gasteiger partial charge on any atom is 0.410 e. The van der Waals surface area contributed by atoms with Gasteiger partial charge in [-0.15, -0.1) is 0 Å². The SMILES string of the molecule is COC(=O)N1C2CC1CN([C@H]1CC[C@H](CCCc3nc(C4CCC4Cc4cnn(C5CCOCC5)c4)nc4snc(C)c34)CC1)C2. The molecule has 4 saturated heterocycles. The van der Waals surface area contributed by atoms with E-state index in [2.05, 4.69) is 28.9 Å². The van der Waals surface area contributed by atoms with Crippen molar-refractivity contribution < 1.29 is 14.3 Å². The zero-order chi connectivity index (χ0) is 31.2. The van der Waals surface area contributed by atoms with Gasteiger partial charge in [-0.05, 0) is 113 Å². The summed E-state index contributed by atoms with van der Waals surface area (Å²) in [7, 11) is 1.50. The molecule has 4 aliphatic heterocycles. The van der Waals surface area contributed by atoms with Gasteiger partial charge in [0.25, 0.3) is 0 Å². The summed E-state index contributed by atoms with van der Waals surface area (Å²) in [5.41, 5.74) is 3.64. The molecular weight excluding hydrogens is 598 g/mol. The summed E-state index contributed by atoms with van der Waals surface area (Å²) < 4.78 is 17.4. The molecule has 3 aromatic heterocycles. The normalized spacial score (nSPS) is 30.3. The van der Waals surface area contributed by atoms with Gasteiger partial charge in [-0.25, -0.2) is 14.8 Å². The van der Waals surface area contributed by atoms with Gasteiger partial charge in [0.15, 0.2) is 0 Å². The van der Waals surface area contributed by atoms with Crippen molar-refractivity contribution in [2.75, 3.05) is 33.4 Å². The third kappa shape index (κ3) is 5.96. The molecule has 10 nitrogen and oxygen atoms in total. The summed E-state index contributed by atoms with van der Waals surface area (Å²) in [6.45, 7) is 5.82. The van der Waals surface area contributed by atoms with Gasteiger partial charge < -0.3 is 9.47 Å². The lowest BCUT2D eigenvalue weighted by atomic mass is 9.70. The van der Waals surface area contributed by atoms with E-state index in [1.807, 2.05) is 4.90 Å². The van der Waals surface area contributed by atoms with E-state index in [1.54, 1.807) is 11.5 Å². The minimum absolute atomic E-state index is 0.145. The minimum atomic E-state index is -0.145. The van der Waals surface area contributed by atoms with Crippen molar-refractivity contribution in [2.24, 2.45) is 11.8 Å². The molecule has 0 spiro atoms. The fourth-order valence-corrected chi connectivity index (χ4v) is 10.0. The van der Waals surface area contributed by atoms with Crippen LogP contribution in [0.4, 0.5) is 4.79 Å². The molecule has 1 amide bonds. The third-order valence-corrected chi connectivity index (χ3v) is 12.9. The zero-order valence-corrected chi connectivity index (χ0v) is 28.3. The molecule has 9 rings (SSSR count). The number of fused-ring (bicyclic) bond motifs is 3. The molecule has 3 aromatic rings. The summed E-state index contributed by atoms with van der Waals surface area (Å²) in [6, 6.07) is 1.85. The van der Waals surface area contributed by atoms with E-state index in [4.69, 9.17) is 28.9 Å². The highest BCUT2D eigenvalue weighted by atomic mass is 32.1. The fraction of sp³-hybridized carbons (Fsp3) is 0.743. The lowest BCUT2D eigenvalue weighted by Crippen LogP contribution is -2.71. The van der Waals surface area contributed by atoms with Crippen LogP contribution in [0.2, 0.25) is 0 Å². The predicted octanol–water partition coefficient (Wildman–Crippen LogP) is 6.09. The van der Waals surface area contributed by atoms with Crippen LogP contribution in [0.25, 0.3) is 10.2 Å². The second-order valence-electron chi connectivity index (χ2n) is 14.7. The first-order valence-corrected chi connectivity index (χ1v) is 18.6. The molecule has 11 heteroatoms.